The number of hydrogen-bond acceptors (Lipinski definition) is 1. The van der Waals surface area contributed by atoms with E-state index >= 15 is 0 Å². The van der Waals surface area contributed by atoms with E-state index in [9.17, 15) is 0 Å². The first-order chi connectivity index (χ1) is 7.77. The summed E-state index contributed by atoms with van der Waals surface area (Å²) >= 11 is 3.60. The number of aromatic nitrogens is 1. The number of hydrogen-bond donors (Lipinski definition) is 0. The molecule has 0 bridgehead atoms. The Kier molecular flexibility index (Phi) is 3.73. The molecular formula is C14H14BrN. The molecule has 2 heteroatoms. The summed E-state index contributed by atoms with van der Waals surface area (Å²) in [6, 6.07) is 14.5. The molecule has 0 aliphatic rings. The predicted octanol–water partition coefficient (Wildman–Crippen LogP) is 4.07. The molecule has 1 aromatic heterocycles. The lowest BCUT2D eigenvalue weighted by Gasteiger charge is -2.09. The molecule has 0 fully saturated rings. The van der Waals surface area contributed by atoms with Gasteiger partial charge in [0.25, 0.3) is 0 Å². The average molecular weight is 276 g/mol. The van der Waals surface area contributed by atoms with Gasteiger partial charge in [-0.25, -0.2) is 0 Å². The molecule has 16 heavy (non-hydrogen) atoms. The first-order valence-electron chi connectivity index (χ1n) is 5.41. The van der Waals surface area contributed by atoms with Crippen LogP contribution in [0.1, 0.15) is 12.5 Å². The normalized spacial score (nSPS) is 12.4. The van der Waals surface area contributed by atoms with Crippen LogP contribution in [0.3, 0.4) is 0 Å². The third-order valence-corrected chi connectivity index (χ3v) is 2.78. The van der Waals surface area contributed by atoms with E-state index in [0.29, 0.717) is 4.83 Å². The lowest BCUT2D eigenvalue weighted by molar-refractivity contribution is 0.960. The van der Waals surface area contributed by atoms with Crippen LogP contribution >= 0.6 is 15.9 Å². The topological polar surface area (TPSA) is 12.9 Å². The van der Waals surface area contributed by atoms with Crippen LogP contribution in [0, 0.1) is 0 Å². The Morgan fingerprint density at radius 2 is 1.88 bits per heavy atom. The third kappa shape index (κ3) is 2.70. The van der Waals surface area contributed by atoms with E-state index < -0.39 is 0 Å². The Hall–Kier alpha value is -1.15. The van der Waals surface area contributed by atoms with Gasteiger partial charge in [0.05, 0.1) is 5.69 Å². The Morgan fingerprint density at radius 1 is 1.12 bits per heavy atom. The van der Waals surface area contributed by atoms with Gasteiger partial charge in [0.15, 0.2) is 0 Å². The monoisotopic (exact) mass is 275 g/mol. The molecule has 1 atom stereocenters. The molecule has 0 N–H and O–H groups in total. The van der Waals surface area contributed by atoms with Gasteiger partial charge in [0, 0.05) is 16.6 Å². The zero-order valence-corrected chi connectivity index (χ0v) is 10.8. The fourth-order valence-electron chi connectivity index (χ4n) is 1.77. The largest absolute Gasteiger partial charge is 0.256 e. The standard InChI is InChI=1S/C14H14BrN/c1-11(15)10-12-6-2-3-7-13(12)14-8-4-5-9-16-14/h2-9,11H,10H2,1H3. The van der Waals surface area contributed by atoms with Gasteiger partial charge < -0.3 is 0 Å². The molecule has 0 radical (unpaired) electrons. The number of alkyl halides is 1. The van der Waals surface area contributed by atoms with Crippen molar-refractivity contribution in [1.82, 2.24) is 4.98 Å². The van der Waals surface area contributed by atoms with Crippen molar-refractivity contribution in [1.29, 1.82) is 0 Å². The highest BCUT2D eigenvalue weighted by Gasteiger charge is 2.07. The van der Waals surface area contributed by atoms with Crippen LogP contribution in [0.5, 0.6) is 0 Å². The van der Waals surface area contributed by atoms with Crippen LogP contribution in [0.15, 0.2) is 48.7 Å². The minimum Gasteiger partial charge on any atom is -0.256 e. The van der Waals surface area contributed by atoms with Gasteiger partial charge in [0.1, 0.15) is 0 Å². The molecule has 1 unspecified atom stereocenters. The highest BCUT2D eigenvalue weighted by Crippen LogP contribution is 2.23. The quantitative estimate of drug-likeness (QED) is 0.770. The van der Waals surface area contributed by atoms with Gasteiger partial charge in [-0.05, 0) is 24.1 Å². The van der Waals surface area contributed by atoms with Crippen LogP contribution in [-0.2, 0) is 6.42 Å². The molecule has 1 aromatic carbocycles. The highest BCUT2D eigenvalue weighted by molar-refractivity contribution is 9.09. The minimum absolute atomic E-state index is 0.484. The van der Waals surface area contributed by atoms with Crippen molar-refractivity contribution < 1.29 is 0 Å². The van der Waals surface area contributed by atoms with E-state index in [2.05, 4.69) is 58.2 Å². The van der Waals surface area contributed by atoms with E-state index in [-0.39, 0.29) is 0 Å². The summed E-state index contributed by atoms with van der Waals surface area (Å²) in [5, 5.41) is 0. The molecular weight excluding hydrogens is 262 g/mol. The SMILES string of the molecule is CC(Br)Cc1ccccc1-c1ccccn1. The highest BCUT2D eigenvalue weighted by atomic mass is 79.9. The molecule has 82 valence electrons. The fourth-order valence-corrected chi connectivity index (χ4v) is 2.12. The Labute approximate surface area is 105 Å². The van der Waals surface area contributed by atoms with Crippen molar-refractivity contribution in [3.05, 3.63) is 54.2 Å². The van der Waals surface area contributed by atoms with Gasteiger partial charge in [0.2, 0.25) is 0 Å². The maximum Gasteiger partial charge on any atom is 0.0704 e. The number of halogens is 1. The van der Waals surface area contributed by atoms with Crippen molar-refractivity contribution in [2.24, 2.45) is 0 Å². The molecule has 2 rings (SSSR count). The molecule has 1 heterocycles. The number of rotatable bonds is 3. The van der Waals surface area contributed by atoms with E-state index in [4.69, 9.17) is 0 Å². The number of pyridine rings is 1. The second kappa shape index (κ2) is 5.26. The van der Waals surface area contributed by atoms with Gasteiger partial charge in [-0.3, -0.25) is 4.98 Å². The second-order valence-electron chi connectivity index (χ2n) is 3.86. The van der Waals surface area contributed by atoms with Crippen LogP contribution in [0.2, 0.25) is 0 Å². The van der Waals surface area contributed by atoms with Crippen molar-refractivity contribution in [2.75, 3.05) is 0 Å². The fraction of sp³-hybridized carbons (Fsp3) is 0.214. The third-order valence-electron chi connectivity index (χ3n) is 2.46. The maximum absolute atomic E-state index is 4.40. The predicted molar refractivity (Wildman–Crippen MR) is 71.8 cm³/mol. The first-order valence-corrected chi connectivity index (χ1v) is 6.32. The lowest BCUT2D eigenvalue weighted by atomic mass is 10.0. The molecule has 0 saturated carbocycles. The van der Waals surface area contributed by atoms with Gasteiger partial charge in [-0.2, -0.15) is 0 Å². The lowest BCUT2D eigenvalue weighted by Crippen LogP contribution is -1.99. The van der Waals surface area contributed by atoms with Gasteiger partial charge >= 0.3 is 0 Å². The summed E-state index contributed by atoms with van der Waals surface area (Å²) in [6.07, 6.45) is 2.86. The summed E-state index contributed by atoms with van der Waals surface area (Å²) in [5.74, 6) is 0. The summed E-state index contributed by atoms with van der Waals surface area (Å²) < 4.78 is 0. The van der Waals surface area contributed by atoms with Crippen LogP contribution in [0.4, 0.5) is 0 Å². The molecule has 2 aromatic rings. The smallest absolute Gasteiger partial charge is 0.0704 e. The molecule has 1 nitrogen and oxygen atoms in total. The molecule has 0 saturated heterocycles. The van der Waals surface area contributed by atoms with Crippen molar-refractivity contribution in [3.8, 4) is 11.3 Å². The summed E-state index contributed by atoms with van der Waals surface area (Å²) in [4.78, 5) is 4.89. The average Bonchev–Trinajstić information content (AvgIpc) is 2.30. The van der Waals surface area contributed by atoms with Gasteiger partial charge in [-0.15, -0.1) is 0 Å². The van der Waals surface area contributed by atoms with Gasteiger partial charge in [-0.1, -0.05) is 53.2 Å². The zero-order chi connectivity index (χ0) is 11.4. The zero-order valence-electron chi connectivity index (χ0n) is 9.23. The molecule has 0 amide bonds. The molecule has 0 aliphatic heterocycles. The summed E-state index contributed by atoms with van der Waals surface area (Å²) in [6.45, 7) is 2.16. The number of nitrogens with zero attached hydrogens (tertiary/aromatic N) is 1. The Bertz CT molecular complexity index is 451. The minimum atomic E-state index is 0.484. The van der Waals surface area contributed by atoms with E-state index in [1.165, 1.54) is 11.1 Å². The second-order valence-corrected chi connectivity index (χ2v) is 5.42. The maximum atomic E-state index is 4.40. The summed E-state index contributed by atoms with van der Waals surface area (Å²) in [5.41, 5.74) is 3.62. The van der Waals surface area contributed by atoms with Crippen LogP contribution in [-0.4, -0.2) is 9.81 Å². The molecule has 0 spiro atoms. The summed E-state index contributed by atoms with van der Waals surface area (Å²) in [7, 11) is 0. The molecule has 0 aliphatic carbocycles. The Morgan fingerprint density at radius 3 is 2.56 bits per heavy atom. The van der Waals surface area contributed by atoms with Crippen LogP contribution < -0.4 is 0 Å². The van der Waals surface area contributed by atoms with Crippen molar-refractivity contribution in [2.45, 2.75) is 18.2 Å². The van der Waals surface area contributed by atoms with Crippen molar-refractivity contribution >= 4 is 15.9 Å². The van der Waals surface area contributed by atoms with Crippen LogP contribution in [0.25, 0.3) is 11.3 Å². The first kappa shape index (κ1) is 11.3. The number of benzene rings is 1. The van der Waals surface area contributed by atoms with E-state index in [0.717, 1.165) is 12.1 Å². The van der Waals surface area contributed by atoms with E-state index in [1.807, 2.05) is 18.3 Å². The Balaban J connectivity index is 2.41. The van der Waals surface area contributed by atoms with E-state index in [1.54, 1.807) is 0 Å². The van der Waals surface area contributed by atoms with Crippen molar-refractivity contribution in [3.63, 3.8) is 0 Å².